The minimum absolute atomic E-state index is 0.259. The number of ether oxygens (including phenoxy) is 1. The number of nitrogens with zero attached hydrogens (tertiary/aromatic N) is 4. The zero-order valence-electron chi connectivity index (χ0n) is 20.5. The molecule has 2 aliphatic rings. The minimum Gasteiger partial charge on any atom is -0.461 e. The molecular formula is C30H23ClN4O2S. The summed E-state index contributed by atoms with van der Waals surface area (Å²) in [6.07, 6.45) is 0. The number of hydrogen-bond donors (Lipinski definition) is 0. The van der Waals surface area contributed by atoms with Crippen molar-refractivity contribution in [1.29, 1.82) is 0 Å². The van der Waals surface area contributed by atoms with Gasteiger partial charge in [-0.05, 0) is 55.1 Å². The highest BCUT2D eigenvalue weighted by Gasteiger charge is 2.56. The fourth-order valence-corrected chi connectivity index (χ4v) is 6.08. The molecule has 0 saturated heterocycles. The number of halogens is 1. The molecule has 0 bridgehead atoms. The van der Waals surface area contributed by atoms with Crippen molar-refractivity contribution in [3.63, 3.8) is 0 Å². The van der Waals surface area contributed by atoms with Gasteiger partial charge in [-0.15, -0.1) is 0 Å². The standard InChI is InChI=1S/C30H23ClN4O2S/c1-2-37-29(36)28-33-35(24-13-7-4-8-14-24)30(38-28)26-16-10-9-15-25(26)27(21-17-19-22(31)20-18-21)32-34(30)23-11-5-3-6-12-23/h3-20H,2H2,1H3/t30-/m0/s1. The number of fused-ring (bicyclic) bond motifs is 2. The second-order valence-electron chi connectivity index (χ2n) is 8.63. The highest BCUT2D eigenvalue weighted by atomic mass is 35.5. The number of esters is 1. The summed E-state index contributed by atoms with van der Waals surface area (Å²) in [5.41, 5.74) is 5.28. The maximum absolute atomic E-state index is 13.1. The Morgan fingerprint density at radius 2 is 1.39 bits per heavy atom. The van der Waals surface area contributed by atoms with Crippen LogP contribution in [0, 0.1) is 0 Å². The highest BCUT2D eigenvalue weighted by Crippen LogP contribution is 2.55. The van der Waals surface area contributed by atoms with Gasteiger partial charge in [-0.2, -0.15) is 10.2 Å². The Hall–Kier alpha value is -4.07. The largest absolute Gasteiger partial charge is 0.461 e. The van der Waals surface area contributed by atoms with Crippen molar-refractivity contribution in [1.82, 2.24) is 0 Å². The summed E-state index contributed by atoms with van der Waals surface area (Å²) in [4.78, 5) is 12.0. The van der Waals surface area contributed by atoms with Crippen molar-refractivity contribution in [3.8, 4) is 0 Å². The molecule has 0 aliphatic carbocycles. The van der Waals surface area contributed by atoms with Crippen molar-refractivity contribution in [2.45, 2.75) is 11.9 Å². The smallest absolute Gasteiger partial charge is 0.365 e. The number of thioether (sulfide) groups is 1. The highest BCUT2D eigenvalue weighted by molar-refractivity contribution is 8.16. The van der Waals surface area contributed by atoms with Crippen molar-refractivity contribution in [3.05, 3.63) is 131 Å². The van der Waals surface area contributed by atoms with Crippen LogP contribution in [0.25, 0.3) is 0 Å². The van der Waals surface area contributed by atoms with Crippen LogP contribution in [0.3, 0.4) is 0 Å². The average molecular weight is 539 g/mol. The van der Waals surface area contributed by atoms with Gasteiger partial charge in [0.2, 0.25) is 10.0 Å². The Bertz CT molecular complexity index is 1540. The summed E-state index contributed by atoms with van der Waals surface area (Å²) < 4.78 is 5.39. The van der Waals surface area contributed by atoms with Crippen LogP contribution in [0.4, 0.5) is 11.4 Å². The number of rotatable bonds is 5. The van der Waals surface area contributed by atoms with Crippen LogP contribution >= 0.6 is 23.4 Å². The number of benzene rings is 4. The Labute approximate surface area is 230 Å². The van der Waals surface area contributed by atoms with Gasteiger partial charge in [0.15, 0.2) is 0 Å². The van der Waals surface area contributed by atoms with E-state index in [0.29, 0.717) is 5.02 Å². The molecule has 1 atom stereocenters. The third-order valence-corrected chi connectivity index (χ3v) is 7.85. The van der Waals surface area contributed by atoms with Crippen molar-refractivity contribution < 1.29 is 9.53 Å². The summed E-state index contributed by atoms with van der Waals surface area (Å²) in [6.45, 7) is 2.05. The van der Waals surface area contributed by atoms with E-state index in [0.717, 1.165) is 33.8 Å². The van der Waals surface area contributed by atoms with Crippen molar-refractivity contribution in [2.75, 3.05) is 16.6 Å². The Kier molecular flexibility index (Phi) is 6.39. The maximum atomic E-state index is 13.1. The van der Waals surface area contributed by atoms with E-state index < -0.39 is 11.0 Å². The minimum atomic E-state index is -1.03. The zero-order valence-corrected chi connectivity index (χ0v) is 22.1. The van der Waals surface area contributed by atoms with Crippen LogP contribution in [0.5, 0.6) is 0 Å². The Morgan fingerprint density at radius 1 is 0.816 bits per heavy atom. The van der Waals surface area contributed by atoms with E-state index in [9.17, 15) is 4.79 Å². The lowest BCUT2D eigenvalue weighted by molar-refractivity contribution is -0.134. The number of hydrazone groups is 2. The molecule has 4 aromatic carbocycles. The number of anilines is 2. The van der Waals surface area contributed by atoms with E-state index in [1.807, 2.05) is 107 Å². The molecule has 6 nitrogen and oxygen atoms in total. The fraction of sp³-hybridized carbons (Fsp3) is 0.100. The van der Waals surface area contributed by atoms with Gasteiger partial charge < -0.3 is 4.74 Å². The second kappa shape index (κ2) is 10.0. The first-order chi connectivity index (χ1) is 18.6. The molecule has 0 N–H and O–H groups in total. The lowest BCUT2D eigenvalue weighted by atomic mass is 9.93. The van der Waals surface area contributed by atoms with Gasteiger partial charge in [0.05, 0.1) is 23.7 Å². The van der Waals surface area contributed by atoms with Crippen LogP contribution in [0.15, 0.2) is 119 Å². The van der Waals surface area contributed by atoms with E-state index in [4.69, 9.17) is 26.5 Å². The first-order valence-corrected chi connectivity index (χ1v) is 13.4. The van der Waals surface area contributed by atoms with Gasteiger partial charge >= 0.3 is 5.97 Å². The molecule has 1 spiro atoms. The number of para-hydroxylation sites is 2. The van der Waals surface area contributed by atoms with Gasteiger partial charge in [0.1, 0.15) is 0 Å². The molecule has 0 saturated carbocycles. The SMILES string of the molecule is CCOC(=O)C1=NN(c2ccccc2)[C@]2(S1)c1ccccc1C(c1ccc(Cl)cc1)=NN2c1ccccc1. The summed E-state index contributed by atoms with van der Waals surface area (Å²) in [5, 5.41) is 14.9. The monoisotopic (exact) mass is 538 g/mol. The molecule has 4 aromatic rings. The van der Waals surface area contributed by atoms with E-state index in [2.05, 4.69) is 12.1 Å². The average Bonchev–Trinajstić information content (AvgIpc) is 3.36. The number of carbonyl (C=O) groups is 1. The number of hydrogen-bond acceptors (Lipinski definition) is 7. The molecule has 0 radical (unpaired) electrons. The lowest BCUT2D eigenvalue weighted by Gasteiger charge is -2.47. The quantitative estimate of drug-likeness (QED) is 0.260. The summed E-state index contributed by atoms with van der Waals surface area (Å²) in [7, 11) is 0. The molecule has 6 rings (SSSR count). The Balaban J connectivity index is 1.64. The molecule has 2 heterocycles. The van der Waals surface area contributed by atoms with E-state index in [1.165, 1.54) is 11.8 Å². The molecule has 2 aliphatic heterocycles. The van der Waals surface area contributed by atoms with Crippen LogP contribution < -0.4 is 10.0 Å². The van der Waals surface area contributed by atoms with E-state index in [1.54, 1.807) is 6.92 Å². The van der Waals surface area contributed by atoms with Crippen LogP contribution in [-0.4, -0.2) is 23.3 Å². The van der Waals surface area contributed by atoms with Crippen LogP contribution in [0.2, 0.25) is 5.02 Å². The van der Waals surface area contributed by atoms with Crippen LogP contribution in [0.1, 0.15) is 23.6 Å². The van der Waals surface area contributed by atoms with E-state index in [-0.39, 0.29) is 11.7 Å². The first kappa shape index (κ1) is 24.3. The topological polar surface area (TPSA) is 57.5 Å². The predicted molar refractivity (Wildman–Crippen MR) is 155 cm³/mol. The molecule has 0 unspecified atom stereocenters. The van der Waals surface area contributed by atoms with Crippen LogP contribution in [-0.2, 0) is 14.5 Å². The zero-order chi connectivity index (χ0) is 26.1. The van der Waals surface area contributed by atoms with Crippen molar-refractivity contribution >= 4 is 51.5 Å². The maximum Gasteiger partial charge on any atom is 0.365 e. The first-order valence-electron chi connectivity index (χ1n) is 12.2. The molecule has 188 valence electrons. The second-order valence-corrected chi connectivity index (χ2v) is 10.2. The number of carbonyl (C=O) groups excluding carboxylic acids is 1. The summed E-state index contributed by atoms with van der Waals surface area (Å²) in [6, 6.07) is 35.5. The summed E-state index contributed by atoms with van der Waals surface area (Å²) in [5.74, 6) is -0.465. The molecule has 0 amide bonds. The Morgan fingerprint density at radius 3 is 2.03 bits per heavy atom. The molecule has 8 heteroatoms. The molecule has 0 aromatic heterocycles. The van der Waals surface area contributed by atoms with Gasteiger partial charge in [0, 0.05) is 21.7 Å². The van der Waals surface area contributed by atoms with Crippen molar-refractivity contribution in [2.24, 2.45) is 10.2 Å². The third-order valence-electron chi connectivity index (χ3n) is 6.31. The fourth-order valence-electron chi connectivity index (χ4n) is 4.67. The van der Waals surface area contributed by atoms with Gasteiger partial charge in [0.25, 0.3) is 0 Å². The molecular weight excluding hydrogens is 516 g/mol. The van der Waals surface area contributed by atoms with E-state index >= 15 is 0 Å². The predicted octanol–water partition coefficient (Wildman–Crippen LogP) is 6.85. The third kappa shape index (κ3) is 4.04. The molecule has 38 heavy (non-hydrogen) atoms. The summed E-state index contributed by atoms with van der Waals surface area (Å²) >= 11 is 7.54. The van der Waals surface area contributed by atoms with Gasteiger partial charge in [-0.25, -0.2) is 14.8 Å². The van der Waals surface area contributed by atoms with Gasteiger partial charge in [-0.1, -0.05) is 84.4 Å². The van der Waals surface area contributed by atoms with Gasteiger partial charge in [-0.3, -0.25) is 0 Å². The normalized spacial score (nSPS) is 18.2. The lowest BCUT2D eigenvalue weighted by Crippen LogP contribution is -2.54. The molecule has 0 fully saturated rings.